The van der Waals surface area contributed by atoms with Crippen LogP contribution in [0.4, 0.5) is 5.69 Å². The van der Waals surface area contributed by atoms with Gasteiger partial charge in [-0.3, -0.25) is 4.79 Å². The fraction of sp³-hybridized carbons (Fsp3) is 0.269. The van der Waals surface area contributed by atoms with Gasteiger partial charge in [-0.2, -0.15) is 0 Å². The van der Waals surface area contributed by atoms with E-state index in [4.69, 9.17) is 18.9 Å². The molecular weight excluding hydrogens is 438 g/mol. The van der Waals surface area contributed by atoms with Crippen LogP contribution in [0.3, 0.4) is 0 Å². The molecule has 1 saturated heterocycles. The lowest BCUT2D eigenvalue weighted by atomic mass is 10.2. The minimum atomic E-state index is -0.126. The van der Waals surface area contributed by atoms with E-state index >= 15 is 0 Å². The van der Waals surface area contributed by atoms with Crippen molar-refractivity contribution in [3.8, 4) is 17.2 Å². The molecule has 6 nitrogen and oxygen atoms in total. The molecule has 0 saturated carbocycles. The number of thioether (sulfide) groups is 1. The Labute approximate surface area is 197 Å². The minimum Gasteiger partial charge on any atom is -0.489 e. The first-order valence-electron chi connectivity index (χ1n) is 11.0. The first-order chi connectivity index (χ1) is 16.2. The van der Waals surface area contributed by atoms with Gasteiger partial charge >= 0.3 is 0 Å². The van der Waals surface area contributed by atoms with Gasteiger partial charge in [0.25, 0.3) is 5.91 Å². The van der Waals surface area contributed by atoms with Crippen molar-refractivity contribution >= 4 is 23.4 Å². The summed E-state index contributed by atoms with van der Waals surface area (Å²) in [5.41, 5.74) is 2.35. The molecule has 5 rings (SSSR count). The Bertz CT molecular complexity index is 1130. The Morgan fingerprint density at radius 3 is 2.85 bits per heavy atom. The fourth-order valence-corrected chi connectivity index (χ4v) is 4.93. The molecule has 1 N–H and O–H groups in total. The van der Waals surface area contributed by atoms with E-state index in [0.29, 0.717) is 23.7 Å². The van der Waals surface area contributed by atoms with E-state index in [2.05, 4.69) is 5.32 Å². The van der Waals surface area contributed by atoms with E-state index < -0.39 is 0 Å². The number of hydrogen-bond acceptors (Lipinski definition) is 6. The summed E-state index contributed by atoms with van der Waals surface area (Å²) in [5, 5.41) is 3.02. The first-order valence-corrected chi connectivity index (χ1v) is 12.0. The molecule has 1 fully saturated rings. The number of hydrogen-bond donors (Lipinski definition) is 1. The normalized spacial score (nSPS) is 16.5. The van der Waals surface area contributed by atoms with E-state index in [1.165, 1.54) is 0 Å². The zero-order valence-corrected chi connectivity index (χ0v) is 18.9. The molecule has 7 heteroatoms. The highest BCUT2D eigenvalue weighted by atomic mass is 32.2. The van der Waals surface area contributed by atoms with Crippen LogP contribution >= 0.6 is 11.8 Å². The van der Waals surface area contributed by atoms with Crippen LogP contribution in [-0.2, 0) is 11.3 Å². The van der Waals surface area contributed by atoms with Crippen molar-refractivity contribution in [2.45, 2.75) is 30.4 Å². The van der Waals surface area contributed by atoms with Gasteiger partial charge in [0.05, 0.1) is 11.7 Å². The summed E-state index contributed by atoms with van der Waals surface area (Å²) < 4.78 is 22.3. The molecule has 2 aliphatic heterocycles. The first kappa shape index (κ1) is 21.7. The highest BCUT2D eigenvalue weighted by Gasteiger charge is 2.18. The number of carbonyl (C=O) groups is 1. The number of fused-ring (bicyclic) bond motifs is 1. The summed E-state index contributed by atoms with van der Waals surface area (Å²) in [6, 6.07) is 20.9. The van der Waals surface area contributed by atoms with Crippen LogP contribution in [0.2, 0.25) is 0 Å². The molecule has 0 spiro atoms. The van der Waals surface area contributed by atoms with Crippen LogP contribution in [-0.4, -0.2) is 31.2 Å². The smallest absolute Gasteiger partial charge is 0.256 e. The quantitative estimate of drug-likeness (QED) is 0.444. The summed E-state index contributed by atoms with van der Waals surface area (Å²) >= 11 is 1.68. The predicted octanol–water partition coefficient (Wildman–Crippen LogP) is 5.52. The number of nitrogens with one attached hydrogen (secondary N) is 1. The predicted molar refractivity (Wildman–Crippen MR) is 127 cm³/mol. The van der Waals surface area contributed by atoms with Crippen LogP contribution in [0.25, 0.3) is 0 Å². The van der Waals surface area contributed by atoms with E-state index in [1.54, 1.807) is 11.8 Å². The molecule has 1 amide bonds. The Morgan fingerprint density at radius 2 is 1.94 bits per heavy atom. The highest BCUT2D eigenvalue weighted by Crippen LogP contribution is 2.35. The molecule has 3 aromatic carbocycles. The third kappa shape index (κ3) is 5.43. The maximum Gasteiger partial charge on any atom is 0.256 e. The third-order valence-corrected chi connectivity index (χ3v) is 6.72. The number of anilines is 1. The maximum atomic E-state index is 13.0. The average Bonchev–Trinajstić information content (AvgIpc) is 3.53. The number of ether oxygens (including phenoxy) is 4. The van der Waals surface area contributed by atoms with Gasteiger partial charge in [0, 0.05) is 29.0 Å². The second-order valence-electron chi connectivity index (χ2n) is 7.90. The molecule has 3 aromatic rings. The van der Waals surface area contributed by atoms with Crippen LogP contribution in [0.1, 0.15) is 28.8 Å². The van der Waals surface area contributed by atoms with Gasteiger partial charge in [-0.15, -0.1) is 11.8 Å². The molecule has 170 valence electrons. The van der Waals surface area contributed by atoms with Crippen molar-refractivity contribution in [3.05, 3.63) is 77.9 Å². The van der Waals surface area contributed by atoms with E-state index in [9.17, 15) is 4.79 Å². The average molecular weight is 464 g/mol. The highest BCUT2D eigenvalue weighted by molar-refractivity contribution is 7.99. The SMILES string of the molecule is O=C(Nc1cccc(COc2ccc3c(c2)OCO3)c1)c1ccccc1SCC1CCCO1. The summed E-state index contributed by atoms with van der Waals surface area (Å²) in [7, 11) is 0. The van der Waals surface area contributed by atoms with Crippen molar-refractivity contribution < 1.29 is 23.7 Å². The number of rotatable bonds is 8. The lowest BCUT2D eigenvalue weighted by Gasteiger charge is -2.13. The Hall–Kier alpha value is -3.16. The van der Waals surface area contributed by atoms with Crippen molar-refractivity contribution in [3.63, 3.8) is 0 Å². The summed E-state index contributed by atoms with van der Waals surface area (Å²) in [6.07, 6.45) is 2.47. The Balaban J connectivity index is 1.21. The number of amides is 1. The van der Waals surface area contributed by atoms with Gasteiger partial charge in [-0.1, -0.05) is 24.3 Å². The van der Waals surface area contributed by atoms with Crippen LogP contribution in [0.15, 0.2) is 71.6 Å². The molecule has 2 aliphatic rings. The van der Waals surface area contributed by atoms with Crippen molar-refractivity contribution in [1.29, 1.82) is 0 Å². The van der Waals surface area contributed by atoms with E-state index in [1.807, 2.05) is 66.7 Å². The van der Waals surface area contributed by atoms with Gasteiger partial charge in [0.2, 0.25) is 6.79 Å². The molecule has 1 unspecified atom stereocenters. The third-order valence-electron chi connectivity index (χ3n) is 5.51. The number of benzene rings is 3. The second-order valence-corrected chi connectivity index (χ2v) is 8.96. The van der Waals surface area contributed by atoms with Gasteiger partial charge in [-0.05, 0) is 54.8 Å². The molecule has 0 radical (unpaired) electrons. The van der Waals surface area contributed by atoms with Crippen molar-refractivity contribution in [2.75, 3.05) is 24.5 Å². The molecule has 2 heterocycles. The fourth-order valence-electron chi connectivity index (χ4n) is 3.81. The lowest BCUT2D eigenvalue weighted by Crippen LogP contribution is -2.14. The summed E-state index contributed by atoms with van der Waals surface area (Å²) in [5.74, 6) is 2.84. The van der Waals surface area contributed by atoms with E-state index in [0.717, 1.165) is 47.1 Å². The molecule has 1 atom stereocenters. The van der Waals surface area contributed by atoms with Crippen LogP contribution < -0.4 is 19.5 Å². The van der Waals surface area contributed by atoms with Gasteiger partial charge in [0.1, 0.15) is 12.4 Å². The van der Waals surface area contributed by atoms with E-state index in [-0.39, 0.29) is 18.8 Å². The standard InChI is InChI=1S/C26H25NO5S/c28-26(22-8-1-2-9-25(22)33-16-21-7-4-12-29-21)27-19-6-3-5-18(13-19)15-30-20-10-11-23-24(14-20)32-17-31-23/h1-3,5-6,8-11,13-14,21H,4,7,12,15-17H2,(H,27,28). The zero-order valence-electron chi connectivity index (χ0n) is 18.1. The summed E-state index contributed by atoms with van der Waals surface area (Å²) in [6.45, 7) is 1.44. The van der Waals surface area contributed by atoms with Crippen molar-refractivity contribution in [1.82, 2.24) is 0 Å². The molecular formula is C26H25NO5S. The largest absolute Gasteiger partial charge is 0.489 e. The van der Waals surface area contributed by atoms with Gasteiger partial charge in [0.15, 0.2) is 11.5 Å². The Morgan fingerprint density at radius 1 is 1.03 bits per heavy atom. The zero-order chi connectivity index (χ0) is 22.5. The monoisotopic (exact) mass is 463 g/mol. The molecule has 0 aliphatic carbocycles. The summed E-state index contributed by atoms with van der Waals surface area (Å²) in [4.78, 5) is 14.0. The van der Waals surface area contributed by atoms with Gasteiger partial charge in [-0.25, -0.2) is 0 Å². The molecule has 33 heavy (non-hydrogen) atoms. The molecule has 0 aromatic heterocycles. The second kappa shape index (κ2) is 10.2. The van der Waals surface area contributed by atoms with Crippen LogP contribution in [0, 0.1) is 0 Å². The van der Waals surface area contributed by atoms with Crippen molar-refractivity contribution in [2.24, 2.45) is 0 Å². The molecule has 0 bridgehead atoms. The minimum absolute atomic E-state index is 0.126. The Kier molecular flexibility index (Phi) is 6.69. The van der Waals surface area contributed by atoms with Gasteiger partial charge < -0.3 is 24.3 Å². The lowest BCUT2D eigenvalue weighted by molar-refractivity contribution is 0.102. The topological polar surface area (TPSA) is 66.0 Å². The number of carbonyl (C=O) groups excluding carboxylic acids is 1. The maximum absolute atomic E-state index is 13.0. The van der Waals surface area contributed by atoms with Crippen LogP contribution in [0.5, 0.6) is 17.2 Å².